The number of likely N-dealkylation sites (tertiary alicyclic amines) is 1. The maximum absolute atomic E-state index is 12.2. The molecule has 0 aromatic rings. The third-order valence-electron chi connectivity index (χ3n) is 4.75. The lowest BCUT2D eigenvalue weighted by Gasteiger charge is -2.29. The number of carboxylic acid groups (broad SMARTS) is 1. The highest BCUT2D eigenvalue weighted by atomic mass is 16.4. The topological polar surface area (TPSA) is 69.6 Å². The van der Waals surface area contributed by atoms with E-state index in [1.165, 1.54) is 0 Å². The highest BCUT2D eigenvalue weighted by Gasteiger charge is 2.55. The van der Waals surface area contributed by atoms with E-state index in [1.807, 2.05) is 32.6 Å². The molecule has 1 heterocycles. The molecule has 1 unspecified atom stereocenters. The van der Waals surface area contributed by atoms with Gasteiger partial charge in [0.15, 0.2) is 0 Å². The van der Waals surface area contributed by atoms with Crippen molar-refractivity contribution in [3.05, 3.63) is 0 Å². The fourth-order valence-electron chi connectivity index (χ4n) is 3.61. The predicted molar refractivity (Wildman–Crippen MR) is 76.3 cm³/mol. The third kappa shape index (κ3) is 2.68. The Morgan fingerprint density at radius 1 is 1.40 bits per heavy atom. The van der Waals surface area contributed by atoms with Crippen molar-refractivity contribution in [2.75, 3.05) is 13.1 Å². The number of nitrogens with zero attached hydrogens (tertiary/aromatic N) is 1. The number of carboxylic acids is 1. The zero-order chi connectivity index (χ0) is 15.1. The van der Waals surface area contributed by atoms with Gasteiger partial charge < -0.3 is 10.4 Å². The monoisotopic (exact) mass is 282 g/mol. The maximum Gasteiger partial charge on any atom is 0.311 e. The summed E-state index contributed by atoms with van der Waals surface area (Å²) >= 11 is 0. The molecule has 5 heteroatoms. The van der Waals surface area contributed by atoms with Crippen molar-refractivity contribution >= 4 is 11.9 Å². The van der Waals surface area contributed by atoms with Crippen LogP contribution in [0.2, 0.25) is 0 Å². The number of amides is 1. The summed E-state index contributed by atoms with van der Waals surface area (Å²) in [6.45, 7) is 8.97. The first-order chi connectivity index (χ1) is 9.16. The normalized spacial score (nSPS) is 31.9. The molecule has 20 heavy (non-hydrogen) atoms. The summed E-state index contributed by atoms with van der Waals surface area (Å²) < 4.78 is 0. The molecule has 1 aliphatic carbocycles. The first-order valence-corrected chi connectivity index (χ1v) is 7.45. The molecule has 0 aromatic carbocycles. The third-order valence-corrected chi connectivity index (χ3v) is 4.75. The fraction of sp³-hybridized carbons (Fsp3) is 0.867. The van der Waals surface area contributed by atoms with Crippen LogP contribution in [0.5, 0.6) is 0 Å². The van der Waals surface area contributed by atoms with Gasteiger partial charge in [0.2, 0.25) is 5.91 Å². The van der Waals surface area contributed by atoms with Crippen LogP contribution in [-0.2, 0) is 9.59 Å². The quantitative estimate of drug-likeness (QED) is 0.822. The number of carbonyl (C=O) groups excluding carboxylic acids is 1. The summed E-state index contributed by atoms with van der Waals surface area (Å²) in [5.41, 5.74) is -0.873. The Labute approximate surface area is 120 Å². The second-order valence-electron chi connectivity index (χ2n) is 7.40. The number of nitrogens with one attached hydrogen (secondary N) is 1. The summed E-state index contributed by atoms with van der Waals surface area (Å²) in [4.78, 5) is 25.9. The Bertz CT molecular complexity index is 416. The Morgan fingerprint density at radius 2 is 2.05 bits per heavy atom. The molecule has 1 saturated heterocycles. The van der Waals surface area contributed by atoms with E-state index in [0.717, 1.165) is 25.8 Å². The van der Waals surface area contributed by atoms with Crippen LogP contribution in [0.25, 0.3) is 0 Å². The summed E-state index contributed by atoms with van der Waals surface area (Å²) in [7, 11) is 0. The lowest BCUT2D eigenvalue weighted by molar-refractivity contribution is -0.149. The van der Waals surface area contributed by atoms with Crippen LogP contribution in [0.3, 0.4) is 0 Å². The lowest BCUT2D eigenvalue weighted by Crippen LogP contribution is -2.51. The second kappa shape index (κ2) is 5.02. The maximum atomic E-state index is 12.2. The van der Waals surface area contributed by atoms with Gasteiger partial charge in [0.25, 0.3) is 0 Å². The number of aliphatic carboxylic acids is 1. The second-order valence-corrected chi connectivity index (χ2v) is 7.40. The molecule has 1 amide bonds. The van der Waals surface area contributed by atoms with Crippen molar-refractivity contribution in [3.8, 4) is 0 Å². The van der Waals surface area contributed by atoms with Crippen LogP contribution in [0, 0.1) is 11.3 Å². The predicted octanol–water partition coefficient (Wildman–Crippen LogP) is 1.48. The van der Waals surface area contributed by atoms with Crippen LogP contribution in [0.1, 0.15) is 47.0 Å². The van der Waals surface area contributed by atoms with E-state index in [4.69, 9.17) is 0 Å². The van der Waals surface area contributed by atoms with Gasteiger partial charge in [-0.2, -0.15) is 0 Å². The standard InChI is InChI=1S/C15H26N2O3/c1-10(12(18)16-14(2,3)4)17-8-11-6-5-7-15(11,9-17)13(19)20/h10-11H,5-9H2,1-4H3,(H,16,18)(H,19,20)/t10?,11-,15+/m0/s1. The Balaban J connectivity index is 2.05. The Kier molecular flexibility index (Phi) is 3.84. The van der Waals surface area contributed by atoms with Gasteiger partial charge in [0.05, 0.1) is 11.5 Å². The zero-order valence-corrected chi connectivity index (χ0v) is 12.9. The number of fused-ring (bicyclic) bond motifs is 1. The molecule has 2 rings (SSSR count). The number of rotatable bonds is 3. The highest BCUT2D eigenvalue weighted by molar-refractivity contribution is 5.82. The summed E-state index contributed by atoms with van der Waals surface area (Å²) in [6, 6.07) is -0.268. The molecule has 0 radical (unpaired) electrons. The Morgan fingerprint density at radius 3 is 2.55 bits per heavy atom. The molecule has 2 N–H and O–H groups in total. The highest BCUT2D eigenvalue weighted by Crippen LogP contribution is 2.49. The van der Waals surface area contributed by atoms with E-state index in [9.17, 15) is 14.7 Å². The van der Waals surface area contributed by atoms with Crippen LogP contribution < -0.4 is 5.32 Å². The van der Waals surface area contributed by atoms with Crippen molar-refractivity contribution in [1.82, 2.24) is 10.2 Å². The van der Waals surface area contributed by atoms with Crippen LogP contribution in [-0.4, -0.2) is 46.6 Å². The van der Waals surface area contributed by atoms with Gasteiger partial charge in [-0.1, -0.05) is 6.42 Å². The summed E-state index contributed by atoms with van der Waals surface area (Å²) in [5, 5.41) is 12.5. The van der Waals surface area contributed by atoms with Gasteiger partial charge in [0.1, 0.15) is 0 Å². The molecule has 114 valence electrons. The van der Waals surface area contributed by atoms with Crippen molar-refractivity contribution in [2.45, 2.75) is 58.5 Å². The zero-order valence-electron chi connectivity index (χ0n) is 12.9. The van der Waals surface area contributed by atoms with Crippen LogP contribution in [0.15, 0.2) is 0 Å². The molecule has 0 aromatic heterocycles. The fourth-order valence-corrected chi connectivity index (χ4v) is 3.61. The van der Waals surface area contributed by atoms with Gasteiger partial charge in [-0.25, -0.2) is 0 Å². The molecule has 2 aliphatic rings. The van der Waals surface area contributed by atoms with Gasteiger partial charge in [-0.05, 0) is 46.5 Å². The van der Waals surface area contributed by atoms with E-state index >= 15 is 0 Å². The molecule has 5 nitrogen and oxygen atoms in total. The van der Waals surface area contributed by atoms with E-state index in [0.29, 0.717) is 6.54 Å². The number of hydrogen-bond donors (Lipinski definition) is 2. The molecular formula is C15H26N2O3. The van der Waals surface area contributed by atoms with E-state index in [2.05, 4.69) is 5.32 Å². The number of carbonyl (C=O) groups is 2. The van der Waals surface area contributed by atoms with E-state index < -0.39 is 11.4 Å². The van der Waals surface area contributed by atoms with Crippen molar-refractivity contribution in [3.63, 3.8) is 0 Å². The minimum absolute atomic E-state index is 0.0157. The minimum atomic E-state index is -0.689. The van der Waals surface area contributed by atoms with Crippen LogP contribution >= 0.6 is 0 Å². The van der Waals surface area contributed by atoms with E-state index in [1.54, 1.807) is 0 Å². The SMILES string of the molecule is CC(C(=O)NC(C)(C)C)N1C[C@@H]2CCC[C@@]2(C(=O)O)C1. The Hall–Kier alpha value is -1.10. The average molecular weight is 282 g/mol. The summed E-state index contributed by atoms with van der Waals surface area (Å²) in [5.74, 6) is -0.506. The molecule has 1 saturated carbocycles. The van der Waals surface area contributed by atoms with Crippen molar-refractivity contribution < 1.29 is 14.7 Å². The molecular weight excluding hydrogens is 256 g/mol. The van der Waals surface area contributed by atoms with Crippen LogP contribution in [0.4, 0.5) is 0 Å². The molecule has 2 fully saturated rings. The smallest absolute Gasteiger partial charge is 0.311 e. The minimum Gasteiger partial charge on any atom is -0.481 e. The summed E-state index contributed by atoms with van der Waals surface area (Å²) in [6.07, 6.45) is 2.71. The lowest BCUT2D eigenvalue weighted by atomic mass is 9.81. The first-order valence-electron chi connectivity index (χ1n) is 7.45. The average Bonchev–Trinajstić information content (AvgIpc) is 2.81. The molecule has 0 bridgehead atoms. The van der Waals surface area contributed by atoms with Gasteiger partial charge in [-0.3, -0.25) is 14.5 Å². The van der Waals surface area contributed by atoms with Gasteiger partial charge in [-0.15, -0.1) is 0 Å². The largest absolute Gasteiger partial charge is 0.481 e. The van der Waals surface area contributed by atoms with Gasteiger partial charge in [0, 0.05) is 18.6 Å². The van der Waals surface area contributed by atoms with Gasteiger partial charge >= 0.3 is 5.97 Å². The van der Waals surface area contributed by atoms with E-state index in [-0.39, 0.29) is 23.4 Å². The molecule has 3 atom stereocenters. The van der Waals surface area contributed by atoms with Crippen molar-refractivity contribution in [2.24, 2.45) is 11.3 Å². The molecule has 0 spiro atoms. The van der Waals surface area contributed by atoms with Crippen molar-refractivity contribution in [1.29, 1.82) is 0 Å². The number of hydrogen-bond acceptors (Lipinski definition) is 3. The first kappa shape index (κ1) is 15.3. The molecule has 1 aliphatic heterocycles.